The van der Waals surface area contributed by atoms with Gasteiger partial charge in [-0.2, -0.15) is 13.2 Å². The monoisotopic (exact) mass is 282 g/mol. The lowest BCUT2D eigenvalue weighted by molar-refractivity contribution is -0.206. The van der Waals surface area contributed by atoms with E-state index in [4.69, 9.17) is 5.73 Å². The van der Waals surface area contributed by atoms with Crippen molar-refractivity contribution in [2.75, 3.05) is 0 Å². The molecular weight excluding hydrogens is 265 g/mol. The summed E-state index contributed by atoms with van der Waals surface area (Å²) in [6, 6.07) is -0.997. The zero-order valence-electron chi connectivity index (χ0n) is 10.5. The van der Waals surface area contributed by atoms with E-state index in [1.807, 2.05) is 0 Å². The summed E-state index contributed by atoms with van der Waals surface area (Å²) in [5.41, 5.74) is 5.61. The highest BCUT2D eigenvalue weighted by Crippen LogP contribution is 2.21. The molecule has 1 aliphatic rings. The first-order chi connectivity index (χ1) is 8.75. The van der Waals surface area contributed by atoms with Gasteiger partial charge in [-0.25, -0.2) is 4.79 Å². The fourth-order valence-corrected chi connectivity index (χ4v) is 1.51. The van der Waals surface area contributed by atoms with Gasteiger partial charge in [-0.3, -0.25) is 4.79 Å². The zero-order chi connectivity index (χ0) is 14.6. The number of esters is 1. The minimum atomic E-state index is -5.13. The lowest BCUT2D eigenvalue weighted by Gasteiger charge is -2.23. The summed E-state index contributed by atoms with van der Waals surface area (Å²) in [6.07, 6.45) is -4.34. The van der Waals surface area contributed by atoms with Crippen LogP contribution >= 0.6 is 0 Å². The molecule has 110 valence electrons. The molecule has 0 radical (unpaired) electrons. The van der Waals surface area contributed by atoms with Gasteiger partial charge in [0.05, 0.1) is 6.04 Å². The van der Waals surface area contributed by atoms with Gasteiger partial charge in [-0.05, 0) is 19.3 Å². The molecule has 0 aromatic rings. The van der Waals surface area contributed by atoms with Crippen molar-refractivity contribution in [2.24, 2.45) is 5.73 Å². The Morgan fingerprint density at radius 2 is 2.00 bits per heavy atom. The van der Waals surface area contributed by atoms with E-state index in [0.717, 1.165) is 12.8 Å². The summed E-state index contributed by atoms with van der Waals surface area (Å²) in [5, 5.41) is 2.49. The van der Waals surface area contributed by atoms with Crippen LogP contribution in [0.25, 0.3) is 0 Å². The number of amides is 1. The van der Waals surface area contributed by atoms with E-state index in [-0.39, 0.29) is 12.5 Å². The molecule has 1 saturated carbocycles. The fourth-order valence-electron chi connectivity index (χ4n) is 1.51. The average Bonchev–Trinajstić information content (AvgIpc) is 3.07. The first-order valence-corrected chi connectivity index (χ1v) is 6.09. The largest absolute Gasteiger partial charge is 0.490 e. The molecule has 0 aromatic carbocycles. The third-order valence-corrected chi connectivity index (χ3v) is 2.66. The second-order valence-corrected chi connectivity index (χ2v) is 4.56. The van der Waals surface area contributed by atoms with Crippen molar-refractivity contribution in [3.8, 4) is 0 Å². The number of hydrogen-bond acceptors (Lipinski definition) is 4. The molecule has 0 aromatic heterocycles. The third-order valence-electron chi connectivity index (χ3n) is 2.66. The summed E-state index contributed by atoms with van der Waals surface area (Å²) in [6.45, 7) is 1.77. The molecule has 1 fully saturated rings. The highest BCUT2D eigenvalue weighted by molar-refractivity contribution is 5.86. The molecule has 1 amide bonds. The Morgan fingerprint density at radius 3 is 2.42 bits per heavy atom. The Morgan fingerprint density at radius 1 is 1.42 bits per heavy atom. The standard InChI is InChI=1S/C11H17F3N2O3/c1-2-3-7(15)8(9(17)16-6-4-5-6)19-10(18)11(12,13)14/h6-8H,2-5,15H2,1H3,(H,16,17)/t7?,8-/m0/s1. The summed E-state index contributed by atoms with van der Waals surface area (Å²) in [4.78, 5) is 22.5. The van der Waals surface area contributed by atoms with Gasteiger partial charge in [-0.1, -0.05) is 13.3 Å². The Labute approximate surface area is 108 Å². The van der Waals surface area contributed by atoms with Crippen LogP contribution in [0.3, 0.4) is 0 Å². The highest BCUT2D eigenvalue weighted by atomic mass is 19.4. The predicted molar refractivity (Wildman–Crippen MR) is 60.0 cm³/mol. The number of hydrogen-bond donors (Lipinski definition) is 2. The number of carbonyl (C=O) groups is 2. The van der Waals surface area contributed by atoms with Crippen LogP contribution in [0.1, 0.15) is 32.6 Å². The number of ether oxygens (including phenoxy) is 1. The summed E-state index contributed by atoms with van der Waals surface area (Å²) in [7, 11) is 0. The van der Waals surface area contributed by atoms with Gasteiger partial charge in [0.15, 0.2) is 6.10 Å². The van der Waals surface area contributed by atoms with Crippen LogP contribution in [0.4, 0.5) is 13.2 Å². The Balaban J connectivity index is 2.67. The second-order valence-electron chi connectivity index (χ2n) is 4.56. The quantitative estimate of drug-likeness (QED) is 0.708. The van der Waals surface area contributed by atoms with Gasteiger partial charge >= 0.3 is 12.1 Å². The first-order valence-electron chi connectivity index (χ1n) is 6.09. The summed E-state index contributed by atoms with van der Waals surface area (Å²) >= 11 is 0. The van der Waals surface area contributed by atoms with Gasteiger partial charge in [0.2, 0.25) is 0 Å². The maximum atomic E-state index is 12.1. The maximum Gasteiger partial charge on any atom is 0.490 e. The van der Waals surface area contributed by atoms with Crippen LogP contribution in [0.5, 0.6) is 0 Å². The van der Waals surface area contributed by atoms with Crippen LogP contribution in [0.2, 0.25) is 0 Å². The molecule has 8 heteroatoms. The Hall–Kier alpha value is -1.31. The molecule has 1 unspecified atom stereocenters. The molecule has 2 atom stereocenters. The molecule has 0 heterocycles. The minimum Gasteiger partial charge on any atom is -0.444 e. The van der Waals surface area contributed by atoms with Crippen molar-refractivity contribution in [1.82, 2.24) is 5.32 Å². The van der Waals surface area contributed by atoms with E-state index < -0.39 is 30.2 Å². The van der Waals surface area contributed by atoms with Gasteiger partial charge in [0, 0.05) is 6.04 Å². The number of alkyl halides is 3. The van der Waals surface area contributed by atoms with Gasteiger partial charge in [0.1, 0.15) is 0 Å². The molecule has 1 aliphatic carbocycles. The number of carbonyl (C=O) groups excluding carboxylic acids is 2. The molecule has 5 nitrogen and oxygen atoms in total. The van der Waals surface area contributed by atoms with Gasteiger partial charge < -0.3 is 15.8 Å². The molecule has 0 aliphatic heterocycles. The lowest BCUT2D eigenvalue weighted by Crippen LogP contribution is -2.50. The highest BCUT2D eigenvalue weighted by Gasteiger charge is 2.44. The third kappa shape index (κ3) is 5.06. The maximum absolute atomic E-state index is 12.1. The van der Waals surface area contributed by atoms with Crippen LogP contribution in [-0.4, -0.2) is 36.2 Å². The van der Waals surface area contributed by atoms with Crippen LogP contribution in [0, 0.1) is 0 Å². The molecule has 19 heavy (non-hydrogen) atoms. The van der Waals surface area contributed by atoms with E-state index in [1.165, 1.54) is 0 Å². The number of nitrogens with two attached hydrogens (primary N) is 1. The molecule has 1 rings (SSSR count). The number of rotatable bonds is 6. The first kappa shape index (κ1) is 15.7. The predicted octanol–water partition coefficient (Wildman–Crippen LogP) is 0.867. The Kier molecular flexibility index (Phi) is 5.16. The van der Waals surface area contributed by atoms with E-state index in [1.54, 1.807) is 6.92 Å². The van der Waals surface area contributed by atoms with Crippen LogP contribution in [-0.2, 0) is 14.3 Å². The van der Waals surface area contributed by atoms with Crippen LogP contribution < -0.4 is 11.1 Å². The van der Waals surface area contributed by atoms with E-state index >= 15 is 0 Å². The Bertz CT molecular complexity index is 343. The van der Waals surface area contributed by atoms with Crippen molar-refractivity contribution in [3.05, 3.63) is 0 Å². The van der Waals surface area contributed by atoms with E-state index in [9.17, 15) is 22.8 Å². The summed E-state index contributed by atoms with van der Waals surface area (Å²) < 4.78 is 40.7. The molecule has 0 bridgehead atoms. The van der Waals surface area contributed by atoms with Crippen LogP contribution in [0.15, 0.2) is 0 Å². The van der Waals surface area contributed by atoms with Crippen molar-refractivity contribution in [3.63, 3.8) is 0 Å². The molecule has 0 spiro atoms. The fraction of sp³-hybridized carbons (Fsp3) is 0.818. The molecule has 3 N–H and O–H groups in total. The van der Waals surface area contributed by atoms with Gasteiger partial charge in [0.25, 0.3) is 5.91 Å². The van der Waals surface area contributed by atoms with Crippen molar-refractivity contribution in [2.45, 2.75) is 57.0 Å². The minimum absolute atomic E-state index is 0.0478. The van der Waals surface area contributed by atoms with Crippen molar-refractivity contribution in [1.29, 1.82) is 0 Å². The molecule has 0 saturated heterocycles. The van der Waals surface area contributed by atoms with E-state index in [0.29, 0.717) is 6.42 Å². The van der Waals surface area contributed by atoms with E-state index in [2.05, 4.69) is 10.1 Å². The average molecular weight is 282 g/mol. The number of halogens is 3. The number of nitrogens with one attached hydrogen (secondary N) is 1. The zero-order valence-corrected chi connectivity index (χ0v) is 10.5. The van der Waals surface area contributed by atoms with Crippen molar-refractivity contribution < 1.29 is 27.5 Å². The molecular formula is C11H17F3N2O3. The smallest absolute Gasteiger partial charge is 0.444 e. The SMILES string of the molecule is CCCC(N)[C@H](OC(=O)C(F)(F)F)C(=O)NC1CC1. The second kappa shape index (κ2) is 6.23. The summed E-state index contributed by atoms with van der Waals surface area (Å²) in [5.74, 6) is -3.16. The lowest BCUT2D eigenvalue weighted by atomic mass is 10.1. The normalized spacial score (nSPS) is 18.6. The van der Waals surface area contributed by atoms with Gasteiger partial charge in [-0.15, -0.1) is 0 Å². The topological polar surface area (TPSA) is 81.4 Å². The van der Waals surface area contributed by atoms with Crippen molar-refractivity contribution >= 4 is 11.9 Å².